The number of nitrogens with zero attached hydrogens (tertiary/aromatic N) is 3. The van der Waals surface area contributed by atoms with E-state index in [4.69, 9.17) is 5.73 Å². The summed E-state index contributed by atoms with van der Waals surface area (Å²) in [6.07, 6.45) is 1.35. The number of carbonyl (C=O) groups is 1. The largest absolute Gasteiger partial charge is 0.368 e. The van der Waals surface area contributed by atoms with Crippen LogP contribution in [0, 0.1) is 12.7 Å². The lowest BCUT2D eigenvalue weighted by Gasteiger charge is -2.37. The average Bonchev–Trinajstić information content (AvgIpc) is 2.49. The second kappa shape index (κ2) is 6.47. The fourth-order valence-electron chi connectivity index (χ4n) is 3.21. The molecule has 0 fully saturated rings. The predicted octanol–water partition coefficient (Wildman–Crippen LogP) is 3.42. The van der Waals surface area contributed by atoms with E-state index < -0.39 is 0 Å². The third kappa shape index (κ3) is 2.88. The molecule has 3 rings (SSSR count). The minimum atomic E-state index is -0.322. The van der Waals surface area contributed by atoms with Gasteiger partial charge in [-0.15, -0.1) is 0 Å². The van der Waals surface area contributed by atoms with E-state index in [0.717, 1.165) is 12.0 Å². The molecule has 0 bridgehead atoms. The number of fused-ring (bicyclic) bond motifs is 1. The molecule has 1 atom stereocenters. The van der Waals surface area contributed by atoms with Crippen LogP contribution < -0.4 is 5.73 Å². The number of hydrogen-bond donors (Lipinski definition) is 1. The molecule has 0 aliphatic carbocycles. The number of nitrogen functional groups attached to an aromatic ring is 1. The number of halogens is 2. The average molecular weight is 393 g/mol. The number of aryl methyl sites for hydroxylation is 1. The molecule has 1 aromatic heterocycles. The van der Waals surface area contributed by atoms with Crippen molar-refractivity contribution in [2.45, 2.75) is 32.7 Å². The molecular weight excluding hydrogens is 375 g/mol. The first-order valence-corrected chi connectivity index (χ1v) is 8.60. The van der Waals surface area contributed by atoms with Crippen LogP contribution in [0.1, 0.15) is 46.7 Å². The molecule has 1 aromatic carbocycles. The van der Waals surface area contributed by atoms with Gasteiger partial charge in [-0.25, -0.2) is 14.4 Å². The van der Waals surface area contributed by atoms with Gasteiger partial charge in [0.25, 0.3) is 5.91 Å². The molecule has 126 valence electrons. The summed E-state index contributed by atoms with van der Waals surface area (Å²) in [6.45, 7) is 4.40. The van der Waals surface area contributed by atoms with Gasteiger partial charge in [-0.1, -0.05) is 28.9 Å². The smallest absolute Gasteiger partial charge is 0.258 e. The standard InChI is InChI=1S/C17H18BrFN4O/c1-3-6-23-14(11-5-4-10(19)7-12(11)18)8-13-15(16(23)24)9(2)21-17(20)22-13/h4-5,7,14H,3,6,8H2,1-2H3,(H2,20,21,22)/t14-/m1/s1. The molecule has 0 spiro atoms. The molecule has 2 aromatic rings. The Labute approximate surface area is 148 Å². The molecule has 0 radical (unpaired) electrons. The first-order valence-electron chi connectivity index (χ1n) is 7.81. The van der Waals surface area contributed by atoms with E-state index in [1.807, 2.05) is 11.8 Å². The zero-order valence-electron chi connectivity index (χ0n) is 13.5. The van der Waals surface area contributed by atoms with Crippen LogP contribution in [0.25, 0.3) is 0 Å². The lowest BCUT2D eigenvalue weighted by Crippen LogP contribution is -2.42. The summed E-state index contributed by atoms with van der Waals surface area (Å²) < 4.78 is 14.1. The number of anilines is 1. The maximum atomic E-state index is 13.4. The van der Waals surface area contributed by atoms with E-state index in [9.17, 15) is 9.18 Å². The first-order chi connectivity index (χ1) is 11.4. The van der Waals surface area contributed by atoms with Crippen LogP contribution in [0.5, 0.6) is 0 Å². The van der Waals surface area contributed by atoms with Crippen LogP contribution >= 0.6 is 15.9 Å². The van der Waals surface area contributed by atoms with Crippen molar-refractivity contribution in [2.24, 2.45) is 0 Å². The maximum Gasteiger partial charge on any atom is 0.258 e. The summed E-state index contributed by atoms with van der Waals surface area (Å²) in [5.74, 6) is -0.255. The summed E-state index contributed by atoms with van der Waals surface area (Å²) in [5.41, 5.74) is 8.39. The second-order valence-corrected chi connectivity index (χ2v) is 6.73. The lowest BCUT2D eigenvalue weighted by molar-refractivity contribution is 0.0642. The van der Waals surface area contributed by atoms with E-state index in [2.05, 4.69) is 25.9 Å². The third-order valence-corrected chi connectivity index (χ3v) is 4.89. The zero-order chi connectivity index (χ0) is 17.4. The van der Waals surface area contributed by atoms with Gasteiger partial charge in [0.05, 0.1) is 23.0 Å². The van der Waals surface area contributed by atoms with E-state index >= 15 is 0 Å². The van der Waals surface area contributed by atoms with Gasteiger partial charge in [-0.2, -0.15) is 0 Å². The van der Waals surface area contributed by atoms with Gasteiger partial charge < -0.3 is 10.6 Å². The summed E-state index contributed by atoms with van der Waals surface area (Å²) >= 11 is 3.41. The normalized spacial score (nSPS) is 17.1. The molecule has 1 aliphatic heterocycles. The fraction of sp³-hybridized carbons (Fsp3) is 0.353. The Bertz CT molecular complexity index is 811. The highest BCUT2D eigenvalue weighted by molar-refractivity contribution is 9.10. The number of benzene rings is 1. The number of amides is 1. The topological polar surface area (TPSA) is 72.1 Å². The Morgan fingerprint density at radius 3 is 2.83 bits per heavy atom. The number of aromatic nitrogens is 2. The second-order valence-electron chi connectivity index (χ2n) is 5.87. The Morgan fingerprint density at radius 1 is 1.42 bits per heavy atom. The molecule has 24 heavy (non-hydrogen) atoms. The number of nitrogens with two attached hydrogens (primary N) is 1. The predicted molar refractivity (Wildman–Crippen MR) is 93.1 cm³/mol. The van der Waals surface area contributed by atoms with Crippen LogP contribution in [-0.2, 0) is 6.42 Å². The Morgan fingerprint density at radius 2 is 2.17 bits per heavy atom. The molecule has 5 nitrogen and oxygen atoms in total. The number of carbonyl (C=O) groups excluding carboxylic acids is 1. The fourth-order valence-corrected chi connectivity index (χ4v) is 3.82. The van der Waals surface area contributed by atoms with Crippen molar-refractivity contribution in [3.05, 3.63) is 51.0 Å². The zero-order valence-corrected chi connectivity index (χ0v) is 15.1. The highest BCUT2D eigenvalue weighted by Gasteiger charge is 2.36. The van der Waals surface area contributed by atoms with Gasteiger partial charge in [0.1, 0.15) is 5.82 Å². The van der Waals surface area contributed by atoms with Gasteiger partial charge in [0.2, 0.25) is 5.95 Å². The summed E-state index contributed by atoms with van der Waals surface area (Å²) in [6, 6.07) is 4.32. The van der Waals surface area contributed by atoms with Crippen LogP contribution in [-0.4, -0.2) is 27.3 Å². The SMILES string of the molecule is CCCN1C(=O)c2c(C)nc(N)nc2C[C@@H]1c1ccc(F)cc1Br. The Kier molecular flexibility index (Phi) is 4.54. The van der Waals surface area contributed by atoms with E-state index in [0.29, 0.717) is 34.4 Å². The highest BCUT2D eigenvalue weighted by atomic mass is 79.9. The summed E-state index contributed by atoms with van der Waals surface area (Å²) in [4.78, 5) is 23.2. The minimum absolute atomic E-state index is 0.100. The number of hydrogen-bond acceptors (Lipinski definition) is 4. The van der Waals surface area contributed by atoms with Crippen molar-refractivity contribution in [1.29, 1.82) is 0 Å². The van der Waals surface area contributed by atoms with Crippen molar-refractivity contribution in [1.82, 2.24) is 14.9 Å². The van der Waals surface area contributed by atoms with Gasteiger partial charge in [-0.05, 0) is 31.0 Å². The van der Waals surface area contributed by atoms with Crippen molar-refractivity contribution >= 4 is 27.8 Å². The summed E-state index contributed by atoms with van der Waals surface area (Å²) in [7, 11) is 0. The molecule has 0 unspecified atom stereocenters. The van der Waals surface area contributed by atoms with Crippen LogP contribution in [0.15, 0.2) is 22.7 Å². The molecular formula is C17H18BrFN4O. The molecule has 1 amide bonds. The summed E-state index contributed by atoms with van der Waals surface area (Å²) in [5, 5.41) is 0. The van der Waals surface area contributed by atoms with Crippen molar-refractivity contribution in [3.63, 3.8) is 0 Å². The van der Waals surface area contributed by atoms with Crippen LogP contribution in [0.2, 0.25) is 0 Å². The van der Waals surface area contributed by atoms with Gasteiger partial charge in [0, 0.05) is 17.4 Å². The van der Waals surface area contributed by atoms with Gasteiger partial charge >= 0.3 is 0 Å². The third-order valence-electron chi connectivity index (χ3n) is 4.21. The molecule has 2 N–H and O–H groups in total. The molecule has 0 saturated heterocycles. The van der Waals surface area contributed by atoms with E-state index in [1.165, 1.54) is 12.1 Å². The Hall–Kier alpha value is -2.02. The van der Waals surface area contributed by atoms with Crippen molar-refractivity contribution in [3.8, 4) is 0 Å². The molecule has 7 heteroatoms. The van der Waals surface area contributed by atoms with Crippen LogP contribution in [0.4, 0.5) is 10.3 Å². The van der Waals surface area contributed by atoms with Crippen molar-refractivity contribution in [2.75, 3.05) is 12.3 Å². The highest BCUT2D eigenvalue weighted by Crippen LogP contribution is 2.37. The molecule has 0 saturated carbocycles. The number of rotatable bonds is 3. The monoisotopic (exact) mass is 392 g/mol. The molecule has 1 aliphatic rings. The Balaban J connectivity index is 2.13. The maximum absolute atomic E-state index is 13.4. The first kappa shape index (κ1) is 16.8. The quantitative estimate of drug-likeness (QED) is 0.868. The molecule has 2 heterocycles. The van der Waals surface area contributed by atoms with E-state index in [1.54, 1.807) is 13.0 Å². The van der Waals surface area contributed by atoms with E-state index in [-0.39, 0.29) is 23.7 Å². The van der Waals surface area contributed by atoms with Gasteiger partial charge in [-0.3, -0.25) is 4.79 Å². The van der Waals surface area contributed by atoms with Crippen LogP contribution in [0.3, 0.4) is 0 Å². The van der Waals surface area contributed by atoms with Crippen molar-refractivity contribution < 1.29 is 9.18 Å². The lowest BCUT2D eigenvalue weighted by atomic mass is 9.91. The minimum Gasteiger partial charge on any atom is -0.368 e. The van der Waals surface area contributed by atoms with Gasteiger partial charge in [0.15, 0.2) is 0 Å².